The summed E-state index contributed by atoms with van der Waals surface area (Å²) < 4.78 is 63.5. The maximum Gasteiger partial charge on any atom is 0.451 e. The molecule has 0 aromatic rings. The molecule has 78 valence electrons. The summed E-state index contributed by atoms with van der Waals surface area (Å²) in [5.74, 6) is -2.57. The molecule has 0 rings (SSSR count). The van der Waals surface area contributed by atoms with Gasteiger partial charge < -0.3 is 5.73 Å². The number of ketones is 1. The first-order valence-electron chi connectivity index (χ1n) is 2.88. The van der Waals surface area contributed by atoms with Gasteiger partial charge in [-0.1, -0.05) is 0 Å². The highest BCUT2D eigenvalue weighted by Gasteiger charge is 2.47. The highest BCUT2D eigenvalue weighted by molar-refractivity contribution is 7.87. The van der Waals surface area contributed by atoms with Gasteiger partial charge in [0.2, 0.25) is 0 Å². The Kier molecular flexibility index (Phi) is 3.41. The summed E-state index contributed by atoms with van der Waals surface area (Å²) in [6, 6.07) is 0. The molecule has 3 N–H and O–H groups in total. The molecule has 0 amide bonds. The molecule has 9 heteroatoms. The highest BCUT2D eigenvalue weighted by Crippen LogP contribution is 2.20. The molecule has 0 radical (unpaired) electrons. The lowest BCUT2D eigenvalue weighted by atomic mass is 10.3. The second-order valence-electron chi connectivity index (χ2n) is 2.10. The van der Waals surface area contributed by atoms with Gasteiger partial charge in [-0.25, -0.2) is 0 Å². The van der Waals surface area contributed by atoms with Crippen LogP contribution in [0.3, 0.4) is 0 Å². The van der Waals surface area contributed by atoms with Gasteiger partial charge >= 0.3 is 6.18 Å². The smallest absolute Gasteiger partial charge is 0.329 e. The van der Waals surface area contributed by atoms with Crippen LogP contribution in [-0.4, -0.2) is 36.7 Å². The van der Waals surface area contributed by atoms with Crippen LogP contribution in [-0.2, 0) is 14.9 Å². The molecule has 0 spiro atoms. The van der Waals surface area contributed by atoms with Gasteiger partial charge in [0, 0.05) is 6.54 Å². The average molecular weight is 221 g/mol. The molecule has 0 saturated carbocycles. The third kappa shape index (κ3) is 3.28. The number of Topliss-reactive ketones (excluding diaryl/α,β-unsaturated/α-hetero) is 1. The molecular formula is C4H6F3NO4S. The summed E-state index contributed by atoms with van der Waals surface area (Å²) >= 11 is 0. The monoisotopic (exact) mass is 221 g/mol. The van der Waals surface area contributed by atoms with Crippen molar-refractivity contribution < 1.29 is 30.9 Å². The zero-order chi connectivity index (χ0) is 10.9. The number of alkyl halides is 3. The number of carbonyl (C=O) groups excluding carboxylic acids is 1. The molecule has 0 bridgehead atoms. The van der Waals surface area contributed by atoms with Gasteiger partial charge in [0.15, 0.2) is 5.25 Å². The second-order valence-corrected chi connectivity index (χ2v) is 3.70. The predicted molar refractivity (Wildman–Crippen MR) is 35.5 cm³/mol. The third-order valence-electron chi connectivity index (χ3n) is 1.15. The Morgan fingerprint density at radius 2 is 1.85 bits per heavy atom. The molecule has 0 aliphatic rings. The van der Waals surface area contributed by atoms with Gasteiger partial charge in [-0.2, -0.15) is 21.6 Å². The SMILES string of the molecule is NCC(C(=O)C(F)(F)F)S(=O)(=O)O. The van der Waals surface area contributed by atoms with Crippen LogP contribution < -0.4 is 5.73 Å². The molecule has 0 aromatic heterocycles. The van der Waals surface area contributed by atoms with Gasteiger partial charge in [-0.3, -0.25) is 9.35 Å². The maximum atomic E-state index is 11.6. The minimum atomic E-state index is -5.32. The first-order valence-corrected chi connectivity index (χ1v) is 4.38. The Morgan fingerprint density at radius 1 is 1.46 bits per heavy atom. The van der Waals surface area contributed by atoms with E-state index >= 15 is 0 Å². The number of carbonyl (C=O) groups is 1. The van der Waals surface area contributed by atoms with Gasteiger partial charge in [0.1, 0.15) is 0 Å². The molecule has 13 heavy (non-hydrogen) atoms. The summed E-state index contributed by atoms with van der Waals surface area (Å²) in [5, 5.41) is -2.63. The van der Waals surface area contributed by atoms with Crippen molar-refractivity contribution in [3.63, 3.8) is 0 Å². The van der Waals surface area contributed by atoms with E-state index < -0.39 is 33.9 Å². The van der Waals surface area contributed by atoms with Crippen molar-refractivity contribution in [2.24, 2.45) is 5.73 Å². The van der Waals surface area contributed by atoms with Gasteiger partial charge in [0.05, 0.1) is 0 Å². The Balaban J connectivity index is 4.94. The zero-order valence-electron chi connectivity index (χ0n) is 6.08. The average Bonchev–Trinajstić information content (AvgIpc) is 1.83. The number of nitrogens with two attached hydrogens (primary N) is 1. The second kappa shape index (κ2) is 3.60. The van der Waals surface area contributed by atoms with Crippen LogP contribution in [0, 0.1) is 0 Å². The van der Waals surface area contributed by atoms with Crippen molar-refractivity contribution in [3.8, 4) is 0 Å². The summed E-state index contributed by atoms with van der Waals surface area (Å²) in [7, 11) is -5.09. The predicted octanol–water partition coefficient (Wildman–Crippen LogP) is -0.667. The van der Waals surface area contributed by atoms with E-state index in [2.05, 4.69) is 5.73 Å². The lowest BCUT2D eigenvalue weighted by Crippen LogP contribution is -2.44. The van der Waals surface area contributed by atoms with Crippen molar-refractivity contribution in [1.82, 2.24) is 0 Å². The van der Waals surface area contributed by atoms with Crippen LogP contribution in [0.2, 0.25) is 0 Å². The lowest BCUT2D eigenvalue weighted by molar-refractivity contribution is -0.170. The number of hydrogen-bond donors (Lipinski definition) is 2. The zero-order valence-corrected chi connectivity index (χ0v) is 6.89. The topological polar surface area (TPSA) is 97.5 Å². The summed E-state index contributed by atoms with van der Waals surface area (Å²) in [6.45, 7) is -1.11. The van der Waals surface area contributed by atoms with E-state index in [4.69, 9.17) is 4.55 Å². The Hall–Kier alpha value is -0.670. The molecule has 0 heterocycles. The molecule has 1 atom stereocenters. The van der Waals surface area contributed by atoms with E-state index in [0.29, 0.717) is 0 Å². The maximum absolute atomic E-state index is 11.6. The molecule has 1 unspecified atom stereocenters. The molecule has 5 nitrogen and oxygen atoms in total. The number of rotatable bonds is 3. The fourth-order valence-electron chi connectivity index (χ4n) is 0.546. The minimum Gasteiger partial charge on any atom is -0.329 e. The highest BCUT2D eigenvalue weighted by atomic mass is 32.2. The van der Waals surface area contributed by atoms with E-state index in [-0.39, 0.29) is 0 Å². The van der Waals surface area contributed by atoms with E-state index in [1.54, 1.807) is 0 Å². The minimum absolute atomic E-state index is 1.11. The van der Waals surface area contributed by atoms with Gasteiger partial charge in [0.25, 0.3) is 15.9 Å². The molecule has 0 aliphatic heterocycles. The van der Waals surface area contributed by atoms with Crippen molar-refractivity contribution >= 4 is 15.9 Å². The van der Waals surface area contributed by atoms with Gasteiger partial charge in [-0.05, 0) is 0 Å². The number of hydrogen-bond acceptors (Lipinski definition) is 4. The van der Waals surface area contributed by atoms with E-state index in [9.17, 15) is 26.4 Å². The van der Waals surface area contributed by atoms with E-state index in [1.165, 1.54) is 0 Å². The van der Waals surface area contributed by atoms with Crippen LogP contribution in [0.5, 0.6) is 0 Å². The third-order valence-corrected chi connectivity index (χ3v) is 2.27. The normalized spacial score (nSPS) is 15.5. The fraction of sp³-hybridized carbons (Fsp3) is 0.750. The van der Waals surface area contributed by atoms with E-state index in [1.807, 2.05) is 0 Å². The Labute approximate surface area is 71.5 Å². The van der Waals surface area contributed by atoms with Crippen LogP contribution in [0.1, 0.15) is 0 Å². The standard InChI is InChI=1S/C4H6F3NO4S/c5-4(6,7)3(9)2(1-8)13(10,11)12/h2H,1,8H2,(H,10,11,12). The first kappa shape index (κ1) is 12.3. The molecular weight excluding hydrogens is 215 g/mol. The van der Waals surface area contributed by atoms with Crippen molar-refractivity contribution in [1.29, 1.82) is 0 Å². The van der Waals surface area contributed by atoms with Crippen LogP contribution in [0.15, 0.2) is 0 Å². The quantitative estimate of drug-likeness (QED) is 0.616. The fourth-order valence-corrected chi connectivity index (χ4v) is 1.19. The van der Waals surface area contributed by atoms with Crippen LogP contribution in [0.4, 0.5) is 13.2 Å². The summed E-state index contributed by atoms with van der Waals surface area (Å²) in [5.41, 5.74) is 4.60. The van der Waals surface area contributed by atoms with Crippen molar-refractivity contribution in [3.05, 3.63) is 0 Å². The summed E-state index contributed by atoms with van der Waals surface area (Å²) in [4.78, 5) is 10.3. The molecule has 0 saturated heterocycles. The first-order chi connectivity index (χ1) is 5.60. The molecule has 0 aromatic carbocycles. The van der Waals surface area contributed by atoms with Crippen molar-refractivity contribution in [2.45, 2.75) is 11.4 Å². The van der Waals surface area contributed by atoms with Crippen LogP contribution >= 0.6 is 0 Å². The van der Waals surface area contributed by atoms with E-state index in [0.717, 1.165) is 0 Å². The Bertz CT molecular complexity index is 295. The summed E-state index contributed by atoms with van der Waals surface area (Å²) in [6.07, 6.45) is -5.32. The lowest BCUT2D eigenvalue weighted by Gasteiger charge is -2.11. The van der Waals surface area contributed by atoms with Crippen LogP contribution in [0.25, 0.3) is 0 Å². The molecule has 0 aliphatic carbocycles. The number of halogens is 3. The largest absolute Gasteiger partial charge is 0.451 e. The Morgan fingerprint density at radius 3 is 1.92 bits per heavy atom. The van der Waals surface area contributed by atoms with Gasteiger partial charge in [-0.15, -0.1) is 0 Å². The molecule has 0 fully saturated rings. The van der Waals surface area contributed by atoms with Crippen molar-refractivity contribution in [2.75, 3.05) is 6.54 Å².